The van der Waals surface area contributed by atoms with Gasteiger partial charge < -0.3 is 20.3 Å². The van der Waals surface area contributed by atoms with Crippen LogP contribution in [0.1, 0.15) is 45.1 Å². The molecule has 2 amide bonds. The van der Waals surface area contributed by atoms with Gasteiger partial charge in [0.05, 0.1) is 12.7 Å². The third-order valence-corrected chi connectivity index (χ3v) is 5.62. The largest absolute Gasteiger partial charge is 0.375 e. The molecule has 6 nitrogen and oxygen atoms in total. The summed E-state index contributed by atoms with van der Waals surface area (Å²) in [5, 5.41) is 6.00. The SMILES string of the molecule is CCC1(CNC(=O)NCc2ccnc(N3CCO[C@@H](C)C3)c2)CCC1. The van der Waals surface area contributed by atoms with Crippen molar-refractivity contribution in [3.63, 3.8) is 0 Å². The second-order valence-electron chi connectivity index (χ2n) is 7.39. The number of hydrogen-bond acceptors (Lipinski definition) is 4. The number of amides is 2. The van der Waals surface area contributed by atoms with Crippen LogP contribution in [-0.2, 0) is 11.3 Å². The molecule has 1 saturated carbocycles. The van der Waals surface area contributed by atoms with E-state index in [0.29, 0.717) is 12.0 Å². The standard InChI is InChI=1S/C19H30N4O2/c1-3-19(6-4-7-19)14-22-18(24)21-12-16-5-8-20-17(11-16)23-9-10-25-15(2)13-23/h5,8,11,15H,3-4,6-7,9-10,12-14H2,1-2H3,(H2,21,22,24)/t15-/m0/s1. The smallest absolute Gasteiger partial charge is 0.315 e. The van der Waals surface area contributed by atoms with Gasteiger partial charge in [-0.05, 0) is 49.3 Å². The predicted molar refractivity (Wildman–Crippen MR) is 98.7 cm³/mol. The molecule has 0 bridgehead atoms. The fourth-order valence-electron chi connectivity index (χ4n) is 3.61. The quantitative estimate of drug-likeness (QED) is 0.831. The molecule has 2 heterocycles. The van der Waals surface area contributed by atoms with E-state index in [0.717, 1.165) is 44.0 Å². The van der Waals surface area contributed by atoms with Gasteiger partial charge in [-0.2, -0.15) is 0 Å². The summed E-state index contributed by atoms with van der Waals surface area (Å²) in [5.41, 5.74) is 1.40. The molecular weight excluding hydrogens is 316 g/mol. The number of nitrogens with one attached hydrogen (secondary N) is 2. The Hall–Kier alpha value is -1.82. The van der Waals surface area contributed by atoms with Gasteiger partial charge in [-0.1, -0.05) is 13.3 Å². The maximum Gasteiger partial charge on any atom is 0.315 e. The summed E-state index contributed by atoms with van der Waals surface area (Å²) in [6.45, 7) is 8.02. The Bertz CT molecular complexity index is 583. The molecule has 1 aliphatic heterocycles. The molecule has 1 atom stereocenters. The van der Waals surface area contributed by atoms with Crippen LogP contribution < -0.4 is 15.5 Å². The lowest BCUT2D eigenvalue weighted by Crippen LogP contribution is -2.45. The molecule has 0 radical (unpaired) electrons. The van der Waals surface area contributed by atoms with E-state index in [1.54, 1.807) is 0 Å². The first-order valence-electron chi connectivity index (χ1n) is 9.43. The Kier molecular flexibility index (Phi) is 5.78. The molecule has 1 aromatic rings. The fraction of sp³-hybridized carbons (Fsp3) is 0.684. The number of carbonyl (C=O) groups is 1. The van der Waals surface area contributed by atoms with E-state index in [2.05, 4.69) is 40.4 Å². The van der Waals surface area contributed by atoms with Crippen LogP contribution in [0.25, 0.3) is 0 Å². The van der Waals surface area contributed by atoms with Crippen LogP contribution in [0, 0.1) is 5.41 Å². The fourth-order valence-corrected chi connectivity index (χ4v) is 3.61. The summed E-state index contributed by atoms with van der Waals surface area (Å²) in [5.74, 6) is 0.953. The van der Waals surface area contributed by atoms with E-state index in [-0.39, 0.29) is 12.1 Å². The minimum atomic E-state index is -0.0851. The number of pyridine rings is 1. The van der Waals surface area contributed by atoms with Crippen molar-refractivity contribution < 1.29 is 9.53 Å². The summed E-state index contributed by atoms with van der Waals surface area (Å²) in [6, 6.07) is 3.92. The minimum Gasteiger partial charge on any atom is -0.375 e. The van der Waals surface area contributed by atoms with E-state index in [4.69, 9.17) is 4.74 Å². The van der Waals surface area contributed by atoms with Gasteiger partial charge in [0.15, 0.2) is 0 Å². The second kappa shape index (κ2) is 8.04. The molecule has 3 rings (SSSR count). The molecule has 0 unspecified atom stereocenters. The number of hydrogen-bond donors (Lipinski definition) is 2. The number of ether oxygens (including phenoxy) is 1. The molecule has 0 aromatic carbocycles. The molecule has 2 N–H and O–H groups in total. The van der Waals surface area contributed by atoms with Crippen LogP contribution in [0.5, 0.6) is 0 Å². The van der Waals surface area contributed by atoms with Gasteiger partial charge >= 0.3 is 6.03 Å². The number of urea groups is 1. The van der Waals surface area contributed by atoms with Crippen LogP contribution in [-0.4, -0.2) is 43.4 Å². The van der Waals surface area contributed by atoms with Crippen molar-refractivity contribution in [2.45, 2.75) is 52.2 Å². The summed E-state index contributed by atoms with van der Waals surface area (Å²) >= 11 is 0. The summed E-state index contributed by atoms with van der Waals surface area (Å²) in [6.07, 6.45) is 6.92. The van der Waals surface area contributed by atoms with E-state index in [1.165, 1.54) is 19.3 Å². The van der Waals surface area contributed by atoms with Gasteiger partial charge in [0.1, 0.15) is 5.82 Å². The third-order valence-electron chi connectivity index (χ3n) is 5.62. The van der Waals surface area contributed by atoms with Gasteiger partial charge in [-0.3, -0.25) is 0 Å². The normalized spacial score (nSPS) is 22.2. The number of carbonyl (C=O) groups excluding carboxylic acids is 1. The molecule has 1 aromatic heterocycles. The van der Waals surface area contributed by atoms with Crippen LogP contribution >= 0.6 is 0 Å². The zero-order valence-corrected chi connectivity index (χ0v) is 15.4. The number of nitrogens with zero attached hydrogens (tertiary/aromatic N) is 2. The van der Waals surface area contributed by atoms with Crippen LogP contribution in [0.2, 0.25) is 0 Å². The summed E-state index contributed by atoms with van der Waals surface area (Å²) in [4.78, 5) is 18.8. The summed E-state index contributed by atoms with van der Waals surface area (Å²) < 4.78 is 5.58. The van der Waals surface area contributed by atoms with Gasteiger partial charge in [0.25, 0.3) is 0 Å². The number of aromatic nitrogens is 1. The minimum absolute atomic E-state index is 0.0851. The summed E-state index contributed by atoms with van der Waals surface area (Å²) in [7, 11) is 0. The molecular formula is C19H30N4O2. The predicted octanol–water partition coefficient (Wildman–Crippen LogP) is 2.69. The number of rotatable bonds is 6. The lowest BCUT2D eigenvalue weighted by Gasteiger charge is -2.41. The molecule has 6 heteroatoms. The van der Waals surface area contributed by atoms with Crippen molar-refractivity contribution >= 4 is 11.8 Å². The first-order valence-corrected chi connectivity index (χ1v) is 9.43. The Labute approximate surface area is 150 Å². The van der Waals surface area contributed by atoms with Crippen molar-refractivity contribution in [3.05, 3.63) is 23.9 Å². The molecule has 1 aliphatic carbocycles. The number of morpholine rings is 1. The van der Waals surface area contributed by atoms with E-state index >= 15 is 0 Å². The van der Waals surface area contributed by atoms with Crippen molar-refractivity contribution in [1.29, 1.82) is 0 Å². The highest BCUT2D eigenvalue weighted by atomic mass is 16.5. The lowest BCUT2D eigenvalue weighted by atomic mass is 9.67. The van der Waals surface area contributed by atoms with Crippen molar-refractivity contribution in [2.24, 2.45) is 5.41 Å². The molecule has 0 spiro atoms. The Morgan fingerprint density at radius 2 is 2.28 bits per heavy atom. The maximum absolute atomic E-state index is 12.1. The third kappa shape index (κ3) is 4.63. The molecule has 25 heavy (non-hydrogen) atoms. The van der Waals surface area contributed by atoms with Crippen LogP contribution in [0.15, 0.2) is 18.3 Å². The monoisotopic (exact) mass is 346 g/mol. The second-order valence-corrected chi connectivity index (χ2v) is 7.39. The van der Waals surface area contributed by atoms with Gasteiger partial charge in [0.2, 0.25) is 0 Å². The number of anilines is 1. The molecule has 1 saturated heterocycles. The Morgan fingerprint density at radius 3 is 2.96 bits per heavy atom. The van der Waals surface area contributed by atoms with Gasteiger partial charge in [-0.25, -0.2) is 9.78 Å². The highest BCUT2D eigenvalue weighted by molar-refractivity contribution is 5.73. The Balaban J connectivity index is 1.48. The Morgan fingerprint density at radius 1 is 1.44 bits per heavy atom. The lowest BCUT2D eigenvalue weighted by molar-refractivity contribution is 0.0529. The first-order chi connectivity index (χ1) is 12.1. The molecule has 2 aliphatic rings. The molecule has 2 fully saturated rings. The van der Waals surface area contributed by atoms with E-state index in [1.807, 2.05) is 12.3 Å². The van der Waals surface area contributed by atoms with E-state index < -0.39 is 0 Å². The molecule has 138 valence electrons. The van der Waals surface area contributed by atoms with Crippen LogP contribution in [0.4, 0.5) is 10.6 Å². The topological polar surface area (TPSA) is 66.5 Å². The van der Waals surface area contributed by atoms with E-state index in [9.17, 15) is 4.79 Å². The zero-order valence-electron chi connectivity index (χ0n) is 15.4. The maximum atomic E-state index is 12.1. The highest BCUT2D eigenvalue weighted by Gasteiger charge is 2.35. The first kappa shape index (κ1) is 18.0. The highest BCUT2D eigenvalue weighted by Crippen LogP contribution is 2.42. The zero-order chi connectivity index (χ0) is 17.7. The van der Waals surface area contributed by atoms with Crippen molar-refractivity contribution in [3.8, 4) is 0 Å². The average molecular weight is 346 g/mol. The van der Waals surface area contributed by atoms with Crippen molar-refractivity contribution in [1.82, 2.24) is 15.6 Å². The average Bonchev–Trinajstić information content (AvgIpc) is 2.60. The van der Waals surface area contributed by atoms with Crippen molar-refractivity contribution in [2.75, 3.05) is 31.1 Å². The van der Waals surface area contributed by atoms with Crippen LogP contribution in [0.3, 0.4) is 0 Å². The van der Waals surface area contributed by atoms with Gasteiger partial charge in [0, 0.05) is 32.4 Å². The van der Waals surface area contributed by atoms with Gasteiger partial charge in [-0.15, -0.1) is 0 Å².